The maximum absolute atomic E-state index is 8.80. The first kappa shape index (κ1) is 23.5. The molecule has 0 fully saturated rings. The lowest BCUT2D eigenvalue weighted by Crippen LogP contribution is -2.00. The molecule has 3 heterocycles. The van der Waals surface area contributed by atoms with Gasteiger partial charge in [-0.1, -0.05) is 139 Å². The summed E-state index contributed by atoms with van der Waals surface area (Å²) in [4.78, 5) is 14.7. The lowest BCUT2D eigenvalue weighted by Gasteiger charge is -2.09. The van der Waals surface area contributed by atoms with E-state index in [0.29, 0.717) is 33.5 Å². The molecule has 50 heavy (non-hydrogen) atoms. The number of fused-ring (bicyclic) bond motifs is 6. The van der Waals surface area contributed by atoms with Crippen LogP contribution in [-0.2, 0) is 0 Å². The normalized spacial score (nSPS) is 13.0. The zero-order valence-electron chi connectivity index (χ0n) is 31.4. The number of furan rings is 2. The van der Waals surface area contributed by atoms with Gasteiger partial charge >= 0.3 is 0 Å². The molecule has 0 radical (unpaired) electrons. The molecular formula is C45H27N3O2. The highest BCUT2D eigenvalue weighted by Gasteiger charge is 2.21. The average molecular weight is 647 g/mol. The van der Waals surface area contributed by atoms with Gasteiger partial charge in [0.25, 0.3) is 0 Å². The topological polar surface area (TPSA) is 65.0 Å². The fourth-order valence-electron chi connectivity index (χ4n) is 6.79. The Bertz CT molecular complexity index is 3130. The second-order valence-electron chi connectivity index (χ2n) is 12.0. The van der Waals surface area contributed by atoms with Gasteiger partial charge in [0, 0.05) is 32.7 Å². The minimum atomic E-state index is -0.500. The summed E-state index contributed by atoms with van der Waals surface area (Å²) < 4.78 is 55.4. The zero-order chi connectivity index (χ0) is 37.4. The maximum atomic E-state index is 8.80. The van der Waals surface area contributed by atoms with E-state index >= 15 is 0 Å². The van der Waals surface area contributed by atoms with Crippen LogP contribution in [0.2, 0.25) is 0 Å². The van der Waals surface area contributed by atoms with Crippen LogP contribution >= 0.6 is 0 Å². The SMILES string of the molecule is [2H]c1c([2H])c([2H])c(-c2nc(-c3cccc4c3oc3cccc(-c5ccc(-c6ccccc6)cc5)c34)nc(-c3cccc4oc5ccccc5c34)n2)c([2H])c1[2H]. The summed E-state index contributed by atoms with van der Waals surface area (Å²) in [6.45, 7) is 0. The molecule has 10 rings (SSSR count). The van der Waals surface area contributed by atoms with E-state index in [1.807, 2.05) is 91.0 Å². The van der Waals surface area contributed by atoms with Crippen LogP contribution in [0.15, 0.2) is 173 Å². The summed E-state index contributed by atoms with van der Waals surface area (Å²) >= 11 is 0. The van der Waals surface area contributed by atoms with Crippen LogP contribution in [0.25, 0.3) is 100 Å². The summed E-state index contributed by atoms with van der Waals surface area (Å²) in [5.74, 6) is 0.403. The van der Waals surface area contributed by atoms with Crippen LogP contribution in [0, 0.1) is 0 Å². The Hall–Kier alpha value is -6.85. The van der Waals surface area contributed by atoms with Crippen LogP contribution in [0.4, 0.5) is 0 Å². The first-order valence-corrected chi connectivity index (χ1v) is 16.2. The van der Waals surface area contributed by atoms with E-state index in [4.69, 9.17) is 30.6 Å². The molecule has 5 heteroatoms. The largest absolute Gasteiger partial charge is 0.456 e. The van der Waals surface area contributed by atoms with Gasteiger partial charge in [0.1, 0.15) is 22.3 Å². The Kier molecular flexibility index (Phi) is 5.35. The van der Waals surface area contributed by atoms with E-state index in [-0.39, 0.29) is 23.0 Å². The predicted octanol–water partition coefficient (Wildman–Crippen LogP) is 12.0. The number of nitrogens with zero attached hydrogens (tertiary/aromatic N) is 3. The Morgan fingerprint density at radius 1 is 0.380 bits per heavy atom. The van der Waals surface area contributed by atoms with Crippen LogP contribution in [0.3, 0.4) is 0 Å². The van der Waals surface area contributed by atoms with E-state index in [0.717, 1.165) is 43.8 Å². The molecule has 0 amide bonds. The van der Waals surface area contributed by atoms with Gasteiger partial charge in [0.2, 0.25) is 0 Å². The van der Waals surface area contributed by atoms with Gasteiger partial charge in [0.05, 0.1) is 12.4 Å². The summed E-state index contributed by atoms with van der Waals surface area (Å²) in [6, 6.07) is 41.5. The molecular weight excluding hydrogens is 615 g/mol. The average Bonchev–Trinajstić information content (AvgIpc) is 3.81. The molecule has 0 bridgehead atoms. The number of hydrogen-bond acceptors (Lipinski definition) is 5. The van der Waals surface area contributed by atoms with E-state index < -0.39 is 30.2 Å². The highest BCUT2D eigenvalue weighted by Crippen LogP contribution is 2.41. The second kappa shape index (κ2) is 11.4. The molecule has 234 valence electrons. The van der Waals surface area contributed by atoms with Crippen molar-refractivity contribution in [2.24, 2.45) is 0 Å². The van der Waals surface area contributed by atoms with E-state index in [1.54, 1.807) is 0 Å². The van der Waals surface area contributed by atoms with Crippen molar-refractivity contribution >= 4 is 43.9 Å². The van der Waals surface area contributed by atoms with E-state index in [9.17, 15) is 0 Å². The number of aromatic nitrogens is 3. The van der Waals surface area contributed by atoms with Crippen molar-refractivity contribution in [2.75, 3.05) is 0 Å². The van der Waals surface area contributed by atoms with Gasteiger partial charge < -0.3 is 8.83 Å². The van der Waals surface area contributed by atoms with Gasteiger partial charge in [0.15, 0.2) is 17.5 Å². The number of benzene rings is 7. The third kappa shape index (κ3) is 4.60. The van der Waals surface area contributed by atoms with Gasteiger partial charge in [-0.3, -0.25) is 0 Å². The van der Waals surface area contributed by atoms with Crippen molar-refractivity contribution in [3.63, 3.8) is 0 Å². The van der Waals surface area contributed by atoms with Crippen molar-refractivity contribution in [1.82, 2.24) is 15.0 Å². The minimum Gasteiger partial charge on any atom is -0.456 e. The molecule has 0 N–H and O–H groups in total. The molecule has 3 aromatic heterocycles. The first-order valence-electron chi connectivity index (χ1n) is 18.7. The molecule has 0 aliphatic rings. The highest BCUT2D eigenvalue weighted by atomic mass is 16.3. The quantitative estimate of drug-likeness (QED) is 0.186. The first-order chi connectivity index (χ1) is 26.9. The standard InChI is InChI=1S/C45H27N3O2/c1-3-12-28(13-4-1)29-24-26-30(27-25-29)32-17-10-23-39-40(32)34-18-9-20-36(42(34)50-39)45-47-43(31-14-5-2-6-15-31)46-44(48-45)35-19-11-22-38-41(35)33-16-7-8-21-37(33)49-38/h1-27H/i2D,5D,6D,14D,15D. The predicted molar refractivity (Wildman–Crippen MR) is 202 cm³/mol. The highest BCUT2D eigenvalue weighted by molar-refractivity contribution is 6.15. The van der Waals surface area contributed by atoms with E-state index in [2.05, 4.69) is 42.5 Å². The maximum Gasteiger partial charge on any atom is 0.167 e. The fourth-order valence-corrected chi connectivity index (χ4v) is 6.79. The Morgan fingerprint density at radius 2 is 0.940 bits per heavy atom. The van der Waals surface area contributed by atoms with Crippen LogP contribution in [-0.4, -0.2) is 15.0 Å². The van der Waals surface area contributed by atoms with Gasteiger partial charge in [-0.15, -0.1) is 0 Å². The van der Waals surface area contributed by atoms with Crippen molar-refractivity contribution in [3.8, 4) is 56.4 Å². The molecule has 10 aromatic rings. The van der Waals surface area contributed by atoms with Crippen molar-refractivity contribution in [2.45, 2.75) is 0 Å². The van der Waals surface area contributed by atoms with Gasteiger partial charge in [-0.05, 0) is 46.5 Å². The summed E-state index contributed by atoms with van der Waals surface area (Å²) in [6.07, 6.45) is 0. The molecule has 0 unspecified atom stereocenters. The lowest BCUT2D eigenvalue weighted by atomic mass is 9.96. The van der Waals surface area contributed by atoms with Crippen LogP contribution < -0.4 is 0 Å². The Labute approximate surface area is 294 Å². The molecule has 0 atom stereocenters. The van der Waals surface area contributed by atoms with Crippen molar-refractivity contribution in [3.05, 3.63) is 164 Å². The molecule has 0 spiro atoms. The fraction of sp³-hybridized carbons (Fsp3) is 0. The third-order valence-corrected chi connectivity index (χ3v) is 9.07. The number of para-hydroxylation sites is 2. The third-order valence-electron chi connectivity index (χ3n) is 9.07. The molecule has 5 nitrogen and oxygen atoms in total. The van der Waals surface area contributed by atoms with Crippen molar-refractivity contribution < 1.29 is 15.7 Å². The van der Waals surface area contributed by atoms with Crippen LogP contribution in [0.5, 0.6) is 0 Å². The summed E-state index contributed by atoms with van der Waals surface area (Å²) in [5.41, 5.74) is 7.92. The summed E-state index contributed by atoms with van der Waals surface area (Å²) in [5, 5.41) is 3.43. The number of rotatable bonds is 5. The van der Waals surface area contributed by atoms with Gasteiger partial charge in [-0.2, -0.15) is 0 Å². The molecule has 0 aliphatic heterocycles. The molecule has 0 saturated heterocycles. The number of hydrogen-bond donors (Lipinski definition) is 0. The Balaban J connectivity index is 1.21. The smallest absolute Gasteiger partial charge is 0.167 e. The minimum absolute atomic E-state index is 0.0610. The molecule has 7 aromatic carbocycles. The summed E-state index contributed by atoms with van der Waals surface area (Å²) in [7, 11) is 0. The van der Waals surface area contributed by atoms with Gasteiger partial charge in [-0.25, -0.2) is 15.0 Å². The van der Waals surface area contributed by atoms with Crippen LogP contribution in [0.1, 0.15) is 6.85 Å². The Morgan fingerprint density at radius 3 is 1.76 bits per heavy atom. The van der Waals surface area contributed by atoms with E-state index in [1.165, 1.54) is 0 Å². The molecule has 0 saturated carbocycles. The monoisotopic (exact) mass is 646 g/mol. The lowest BCUT2D eigenvalue weighted by molar-refractivity contribution is 0.668. The van der Waals surface area contributed by atoms with Crippen molar-refractivity contribution in [1.29, 1.82) is 0 Å². The second-order valence-corrected chi connectivity index (χ2v) is 12.0. The molecule has 0 aliphatic carbocycles. The zero-order valence-corrected chi connectivity index (χ0v) is 26.4.